The zero-order chi connectivity index (χ0) is 13.1. The number of nitrogens with zero attached hydrogens (tertiary/aromatic N) is 2. The van der Waals surface area contributed by atoms with Crippen molar-refractivity contribution in [3.63, 3.8) is 0 Å². The van der Waals surface area contributed by atoms with Crippen LogP contribution in [0.1, 0.15) is 24.2 Å². The van der Waals surface area contributed by atoms with Crippen molar-refractivity contribution >= 4 is 17.7 Å². The third-order valence-electron chi connectivity index (χ3n) is 2.90. The molecule has 2 heterocycles. The Balaban J connectivity index is 2.20. The van der Waals surface area contributed by atoms with Gasteiger partial charge < -0.3 is 9.64 Å². The van der Waals surface area contributed by atoms with Crippen LogP contribution >= 0.6 is 11.8 Å². The van der Waals surface area contributed by atoms with Gasteiger partial charge in [0, 0.05) is 19.3 Å². The first-order chi connectivity index (χ1) is 8.61. The number of hydrogen-bond acceptors (Lipinski definition) is 4. The number of pyridine rings is 1. The van der Waals surface area contributed by atoms with Gasteiger partial charge in [0.25, 0.3) is 5.91 Å². The Bertz CT molecular complexity index is 429. The molecule has 0 saturated carbocycles. The summed E-state index contributed by atoms with van der Waals surface area (Å²) in [6.07, 6.45) is 3.83. The smallest absolute Gasteiger partial charge is 0.256 e. The molecular formula is C13H18N2O2S. The molecule has 98 valence electrons. The van der Waals surface area contributed by atoms with E-state index in [2.05, 4.69) is 4.98 Å². The number of carbonyl (C=O) groups excluding carboxylic acids is 1. The van der Waals surface area contributed by atoms with Gasteiger partial charge in [-0.1, -0.05) is 0 Å². The lowest BCUT2D eigenvalue weighted by Crippen LogP contribution is -2.48. The molecule has 1 aromatic heterocycles. The van der Waals surface area contributed by atoms with Gasteiger partial charge >= 0.3 is 0 Å². The van der Waals surface area contributed by atoms with E-state index < -0.39 is 0 Å². The molecule has 0 bridgehead atoms. The quantitative estimate of drug-likeness (QED) is 0.768. The van der Waals surface area contributed by atoms with Crippen molar-refractivity contribution < 1.29 is 9.53 Å². The molecule has 0 aliphatic carbocycles. The van der Waals surface area contributed by atoms with Crippen molar-refractivity contribution in [2.75, 3.05) is 19.3 Å². The predicted molar refractivity (Wildman–Crippen MR) is 71.9 cm³/mol. The average Bonchev–Trinajstić information content (AvgIpc) is 2.36. The Kier molecular flexibility index (Phi) is 4.24. The van der Waals surface area contributed by atoms with E-state index in [0.717, 1.165) is 5.03 Å². The summed E-state index contributed by atoms with van der Waals surface area (Å²) in [5.74, 6) is 0.0504. The molecule has 0 unspecified atom stereocenters. The molecular weight excluding hydrogens is 248 g/mol. The highest BCUT2D eigenvalue weighted by atomic mass is 32.2. The number of hydrogen-bond donors (Lipinski definition) is 0. The van der Waals surface area contributed by atoms with E-state index in [9.17, 15) is 4.79 Å². The maximum Gasteiger partial charge on any atom is 0.256 e. The van der Waals surface area contributed by atoms with E-state index in [4.69, 9.17) is 4.74 Å². The van der Waals surface area contributed by atoms with Crippen molar-refractivity contribution in [1.82, 2.24) is 9.88 Å². The van der Waals surface area contributed by atoms with Gasteiger partial charge in [0.1, 0.15) is 5.03 Å². The van der Waals surface area contributed by atoms with Crippen LogP contribution in [0.25, 0.3) is 0 Å². The molecule has 1 amide bonds. The van der Waals surface area contributed by atoms with E-state index in [1.54, 1.807) is 12.3 Å². The van der Waals surface area contributed by atoms with Crippen LogP contribution in [0.15, 0.2) is 23.4 Å². The van der Waals surface area contributed by atoms with Gasteiger partial charge in [-0.05, 0) is 32.2 Å². The third kappa shape index (κ3) is 2.84. The molecule has 0 radical (unpaired) electrons. The zero-order valence-corrected chi connectivity index (χ0v) is 11.7. The fourth-order valence-electron chi connectivity index (χ4n) is 2.23. The number of carbonyl (C=O) groups is 1. The Hall–Kier alpha value is -1.07. The van der Waals surface area contributed by atoms with E-state index >= 15 is 0 Å². The lowest BCUT2D eigenvalue weighted by Gasteiger charge is -2.35. The maximum absolute atomic E-state index is 12.5. The minimum absolute atomic E-state index is 0.0504. The fraction of sp³-hybridized carbons (Fsp3) is 0.538. The molecule has 1 aliphatic heterocycles. The van der Waals surface area contributed by atoms with E-state index in [1.165, 1.54) is 11.8 Å². The molecule has 1 fully saturated rings. The second-order valence-corrected chi connectivity index (χ2v) is 5.32. The monoisotopic (exact) mass is 266 g/mol. The van der Waals surface area contributed by atoms with Gasteiger partial charge in [-0.2, -0.15) is 0 Å². The first kappa shape index (κ1) is 13.4. The zero-order valence-electron chi connectivity index (χ0n) is 10.9. The van der Waals surface area contributed by atoms with Crippen molar-refractivity contribution in [2.24, 2.45) is 0 Å². The predicted octanol–water partition coefficient (Wildman–Crippen LogP) is 2.05. The van der Waals surface area contributed by atoms with Gasteiger partial charge in [0.15, 0.2) is 0 Å². The van der Waals surface area contributed by atoms with Crippen LogP contribution in [-0.2, 0) is 4.74 Å². The molecule has 1 saturated heterocycles. The van der Waals surface area contributed by atoms with Gasteiger partial charge in [-0.3, -0.25) is 4.79 Å². The molecule has 1 aromatic rings. The molecule has 5 heteroatoms. The molecule has 18 heavy (non-hydrogen) atoms. The van der Waals surface area contributed by atoms with Crippen LogP contribution in [0.2, 0.25) is 0 Å². The van der Waals surface area contributed by atoms with Crippen LogP contribution in [0, 0.1) is 0 Å². The minimum atomic E-state index is 0.0504. The SMILES string of the molecule is CSc1ncccc1C(=O)N1C[C@H](C)O[C@@H](C)C1. The van der Waals surface area contributed by atoms with Crippen LogP contribution in [0.4, 0.5) is 0 Å². The maximum atomic E-state index is 12.5. The summed E-state index contributed by atoms with van der Waals surface area (Å²) < 4.78 is 5.64. The summed E-state index contributed by atoms with van der Waals surface area (Å²) in [5.41, 5.74) is 0.686. The Labute approximate surface area is 112 Å². The van der Waals surface area contributed by atoms with Crippen molar-refractivity contribution in [3.05, 3.63) is 23.9 Å². The van der Waals surface area contributed by atoms with Gasteiger partial charge in [-0.25, -0.2) is 4.98 Å². The molecule has 2 rings (SSSR count). The summed E-state index contributed by atoms with van der Waals surface area (Å²) in [5, 5.41) is 0.786. The number of thioether (sulfide) groups is 1. The van der Waals surface area contributed by atoms with E-state index in [1.807, 2.05) is 31.1 Å². The molecule has 0 spiro atoms. The summed E-state index contributed by atoms with van der Waals surface area (Å²) in [7, 11) is 0. The standard InChI is InChI=1S/C13H18N2O2S/c1-9-7-15(8-10(2)17-9)13(16)11-5-4-6-14-12(11)18-3/h4-6,9-10H,7-8H2,1-3H3/t9-,10-/m0/s1. The lowest BCUT2D eigenvalue weighted by molar-refractivity contribution is -0.0587. The fourth-order valence-corrected chi connectivity index (χ4v) is 2.77. The molecule has 4 nitrogen and oxygen atoms in total. The highest BCUT2D eigenvalue weighted by molar-refractivity contribution is 7.98. The van der Waals surface area contributed by atoms with Crippen molar-refractivity contribution in [2.45, 2.75) is 31.1 Å². The molecule has 2 atom stereocenters. The number of morpholine rings is 1. The Morgan fingerprint density at radius 2 is 2.11 bits per heavy atom. The van der Waals surface area contributed by atoms with E-state index in [0.29, 0.717) is 18.7 Å². The van der Waals surface area contributed by atoms with Crippen LogP contribution in [0.5, 0.6) is 0 Å². The van der Waals surface area contributed by atoms with Gasteiger partial charge in [0.05, 0.1) is 17.8 Å². The van der Waals surface area contributed by atoms with Crippen LogP contribution in [0.3, 0.4) is 0 Å². The topological polar surface area (TPSA) is 42.4 Å². The summed E-state index contributed by atoms with van der Waals surface area (Å²) >= 11 is 1.50. The minimum Gasteiger partial charge on any atom is -0.372 e. The second kappa shape index (κ2) is 5.71. The highest BCUT2D eigenvalue weighted by Crippen LogP contribution is 2.20. The largest absolute Gasteiger partial charge is 0.372 e. The number of aromatic nitrogens is 1. The first-order valence-corrected chi connectivity index (χ1v) is 7.28. The number of rotatable bonds is 2. The van der Waals surface area contributed by atoms with Crippen LogP contribution < -0.4 is 0 Å². The first-order valence-electron chi connectivity index (χ1n) is 6.05. The van der Waals surface area contributed by atoms with Crippen molar-refractivity contribution in [1.29, 1.82) is 0 Å². The van der Waals surface area contributed by atoms with Gasteiger partial charge in [0.2, 0.25) is 0 Å². The molecule has 0 aromatic carbocycles. The molecule has 0 N–H and O–H groups in total. The Morgan fingerprint density at radius 1 is 1.44 bits per heavy atom. The average molecular weight is 266 g/mol. The highest BCUT2D eigenvalue weighted by Gasteiger charge is 2.27. The summed E-state index contributed by atoms with van der Waals surface area (Å²) in [6, 6.07) is 3.65. The van der Waals surface area contributed by atoms with Crippen molar-refractivity contribution in [3.8, 4) is 0 Å². The lowest BCUT2D eigenvalue weighted by atomic mass is 10.2. The number of ether oxygens (including phenoxy) is 1. The van der Waals surface area contributed by atoms with E-state index in [-0.39, 0.29) is 18.1 Å². The second-order valence-electron chi connectivity index (χ2n) is 4.53. The molecule has 1 aliphatic rings. The number of amides is 1. The summed E-state index contributed by atoms with van der Waals surface area (Å²) in [4.78, 5) is 18.6. The van der Waals surface area contributed by atoms with Crippen LogP contribution in [-0.4, -0.2) is 47.3 Å². The third-order valence-corrected chi connectivity index (χ3v) is 3.61. The normalized spacial score (nSPS) is 24.1. The van der Waals surface area contributed by atoms with Gasteiger partial charge in [-0.15, -0.1) is 11.8 Å². The Morgan fingerprint density at radius 3 is 2.72 bits per heavy atom. The summed E-state index contributed by atoms with van der Waals surface area (Å²) in [6.45, 7) is 5.28.